The van der Waals surface area contributed by atoms with Crippen LogP contribution in [0.2, 0.25) is 0 Å². The van der Waals surface area contributed by atoms with Crippen LogP contribution >= 0.6 is 11.8 Å². The van der Waals surface area contributed by atoms with Gasteiger partial charge in [0.25, 0.3) is 37.6 Å². The number of benzene rings is 4. The van der Waals surface area contributed by atoms with Gasteiger partial charge in [0.1, 0.15) is 10.9 Å². The molecule has 3 saturated carbocycles. The first-order chi connectivity index (χ1) is 42.2. The van der Waals surface area contributed by atoms with Gasteiger partial charge in [-0.1, -0.05) is 43.2 Å². The fourth-order valence-electron chi connectivity index (χ4n) is 13.9. The zero-order chi connectivity index (χ0) is 63.3. The third-order valence-corrected chi connectivity index (χ3v) is 23.0. The molecule has 26 heteroatoms. The van der Waals surface area contributed by atoms with Crippen LogP contribution in [0, 0.1) is 16.2 Å². The minimum Gasteiger partial charge on any atom is -0.385 e. The van der Waals surface area contributed by atoms with E-state index in [1.165, 1.54) is 35.0 Å². The highest BCUT2D eigenvalue weighted by Gasteiger charge is 2.73. The number of imide groups is 2. The van der Waals surface area contributed by atoms with Crippen molar-refractivity contribution < 1.29 is 62.8 Å². The molecule has 478 valence electrons. The molecule has 4 aromatic carbocycles. The van der Waals surface area contributed by atoms with Crippen LogP contribution in [-0.4, -0.2) is 174 Å². The number of rotatable bonds is 23. The quantitative estimate of drug-likeness (QED) is 0.0180. The first-order valence-corrected chi connectivity index (χ1v) is 34.3. The second kappa shape index (κ2) is 25.3. The molecule has 0 radical (unpaired) electrons. The summed E-state index contributed by atoms with van der Waals surface area (Å²) in [6.45, 7) is 12.7. The molecule has 1 unspecified atom stereocenters. The molecule has 18 nitrogen and oxygen atoms in total. The van der Waals surface area contributed by atoms with Gasteiger partial charge in [-0.2, -0.15) is 13.2 Å². The maximum atomic E-state index is 14.5. The lowest BCUT2D eigenvalue weighted by Crippen LogP contribution is -2.66. The van der Waals surface area contributed by atoms with Crippen LogP contribution in [0.25, 0.3) is 0 Å². The van der Waals surface area contributed by atoms with Gasteiger partial charge in [-0.15, -0.1) is 11.8 Å². The molecule has 89 heavy (non-hydrogen) atoms. The van der Waals surface area contributed by atoms with Gasteiger partial charge in [-0.25, -0.2) is 30.3 Å². The Bertz CT molecular complexity index is 3630. The van der Waals surface area contributed by atoms with Gasteiger partial charge in [0.05, 0.1) is 21.7 Å². The Hall–Kier alpha value is -6.45. The molecule has 4 heterocycles. The topological polar surface area (TPSA) is 218 Å². The van der Waals surface area contributed by atoms with Crippen LogP contribution in [0.3, 0.4) is 0 Å². The Labute approximate surface area is 519 Å². The summed E-state index contributed by atoms with van der Waals surface area (Å²) in [4.78, 5) is 72.8. The van der Waals surface area contributed by atoms with Crippen LogP contribution in [0.5, 0.6) is 0 Å². The molecule has 4 aliphatic carbocycles. The smallest absolute Gasteiger partial charge is 0.385 e. The molecule has 2 atom stereocenters. The van der Waals surface area contributed by atoms with Crippen molar-refractivity contribution in [2.75, 3.05) is 99.8 Å². The molecule has 3 saturated heterocycles. The molecule has 4 N–H and O–H groups in total. The lowest BCUT2D eigenvalue weighted by molar-refractivity contribution is -0.250. The number of hydrogen-bond acceptors (Lipinski definition) is 16. The van der Waals surface area contributed by atoms with Gasteiger partial charge in [0.15, 0.2) is 0 Å². The number of nitrogens with zero attached hydrogens (tertiary/aromatic N) is 5. The summed E-state index contributed by atoms with van der Waals surface area (Å²) in [5.74, 6) is -3.08. The summed E-state index contributed by atoms with van der Waals surface area (Å²) in [5.41, 5.74) is -2.45. The predicted octanol–water partition coefficient (Wildman–Crippen LogP) is 8.65. The minimum absolute atomic E-state index is 0.0215. The second-order valence-corrected chi connectivity index (χ2v) is 30.4. The number of hydrogen-bond donors (Lipinski definition) is 4. The highest BCUT2D eigenvalue weighted by atomic mass is 32.2. The SMILES string of the molecule is CC1(C)CCC(CN2CCN(c3ccc(C(=O)NS(=O)(=O)c4ccc(N[C@H](CCN5CCN(CCCNc6ccc7c(c6)C(=O)N(C6CCC(=O)NC6=O)C7=O)CC5)CSc5ccccc5)c(S(=O)(=O)C(F)(F)F)c4)cc3)CC2)=C(C23CC(C(F)F)(C2)C3)C1. The maximum absolute atomic E-state index is 14.5. The van der Waals surface area contributed by atoms with Crippen molar-refractivity contribution in [2.45, 2.75) is 117 Å². The van der Waals surface area contributed by atoms with Gasteiger partial charge in [-0.05, 0) is 148 Å². The molecule has 4 aliphatic heterocycles. The number of sulfonamides is 1. The van der Waals surface area contributed by atoms with E-state index < -0.39 is 94.3 Å². The van der Waals surface area contributed by atoms with Crippen molar-refractivity contribution in [1.82, 2.24) is 29.6 Å². The second-order valence-electron chi connectivity index (χ2n) is 25.7. The van der Waals surface area contributed by atoms with Crippen LogP contribution in [0.4, 0.5) is 39.0 Å². The number of carbonyl (C=O) groups is 5. The largest absolute Gasteiger partial charge is 0.501 e. The number of fused-ring (bicyclic) bond motifs is 1. The van der Waals surface area contributed by atoms with E-state index in [0.29, 0.717) is 95.5 Å². The Morgan fingerprint density at radius 3 is 2.10 bits per heavy atom. The third kappa shape index (κ3) is 13.6. The van der Waals surface area contributed by atoms with E-state index in [1.807, 2.05) is 35.1 Å². The number of piperazine rings is 2. The lowest BCUT2D eigenvalue weighted by atomic mass is 9.32. The fourth-order valence-corrected chi connectivity index (χ4v) is 17.0. The molecule has 0 aromatic heterocycles. The molecule has 8 aliphatic rings. The Morgan fingerprint density at radius 2 is 1.44 bits per heavy atom. The van der Waals surface area contributed by atoms with Crippen LogP contribution in [-0.2, 0) is 29.4 Å². The minimum atomic E-state index is -6.16. The molecule has 6 fully saturated rings. The number of thioether (sulfide) groups is 1. The number of alkyl halides is 5. The van der Waals surface area contributed by atoms with E-state index in [9.17, 15) is 62.8 Å². The first-order valence-electron chi connectivity index (χ1n) is 30.3. The fraction of sp³-hybridized carbons (Fsp3) is 0.508. The summed E-state index contributed by atoms with van der Waals surface area (Å²) >= 11 is 1.41. The zero-order valence-electron chi connectivity index (χ0n) is 49.7. The number of allylic oxidation sites excluding steroid dienone is 1. The van der Waals surface area contributed by atoms with Gasteiger partial charge in [0, 0.05) is 117 Å². The zero-order valence-corrected chi connectivity index (χ0v) is 52.1. The highest BCUT2D eigenvalue weighted by Crippen LogP contribution is 2.79. The Morgan fingerprint density at radius 1 is 0.775 bits per heavy atom. The summed E-state index contributed by atoms with van der Waals surface area (Å²) in [6, 6.07) is 21.1. The van der Waals surface area contributed by atoms with Crippen molar-refractivity contribution in [1.29, 1.82) is 0 Å². The van der Waals surface area contributed by atoms with E-state index in [-0.39, 0.29) is 40.4 Å². The summed E-state index contributed by atoms with van der Waals surface area (Å²) in [6.07, 6.45) is 3.62. The van der Waals surface area contributed by atoms with Crippen LogP contribution < -0.4 is 25.6 Å². The number of anilines is 3. The third-order valence-electron chi connectivity index (χ3n) is 19.0. The molecule has 2 bridgehead atoms. The van der Waals surface area contributed by atoms with Gasteiger partial charge >= 0.3 is 5.51 Å². The van der Waals surface area contributed by atoms with Crippen molar-refractivity contribution in [3.63, 3.8) is 0 Å². The number of nitrogens with one attached hydrogen (secondary N) is 4. The molecule has 4 aromatic rings. The van der Waals surface area contributed by atoms with E-state index in [4.69, 9.17) is 0 Å². The standard InChI is InChI=1S/C63H74F5N9O9S3/c1-60(2)21-19-42(50(35-60)61-38-62(39-61,40-61)59(64)65)36-75-29-31-76(32-30-75)45-12-9-41(10-13-45)55(79)72-89(85,86)47-14-16-51(53(34-47)88(83,84)63(66,67)68)70-44(37-87-46-7-4-3-5-8-46)20-24-74-27-25-73(26-28-74)23-6-22-69-43-11-15-48-49(33-43)58(82)77(57(48)81)52-17-18-54(78)71-56(52)80/h3-5,7-16,33-34,44,52,59,69-70H,6,17-32,35-40H2,1-2H3,(H,72,79)(H,71,78,80)/t44-,52?,61?,62?/m1/s1. The average molecular weight is 1290 g/mol. The predicted molar refractivity (Wildman–Crippen MR) is 327 cm³/mol. The van der Waals surface area contributed by atoms with Crippen LogP contribution in [0.15, 0.2) is 117 Å². The van der Waals surface area contributed by atoms with Crippen molar-refractivity contribution in [2.24, 2.45) is 16.2 Å². The number of piperidine rings is 1. The van der Waals surface area contributed by atoms with Gasteiger partial charge in [-0.3, -0.25) is 39.1 Å². The molecule has 12 rings (SSSR count). The van der Waals surface area contributed by atoms with Gasteiger partial charge < -0.3 is 25.3 Å². The number of sulfone groups is 1. The van der Waals surface area contributed by atoms with Crippen molar-refractivity contribution in [3.8, 4) is 0 Å². The number of carbonyl (C=O) groups excluding carboxylic acids is 5. The Balaban J connectivity index is 0.681. The first kappa shape index (κ1) is 64.1. The molecule has 5 amide bonds. The molecular formula is C63H74F5N9O9S3. The lowest BCUT2D eigenvalue weighted by Gasteiger charge is -2.72. The van der Waals surface area contributed by atoms with E-state index in [2.05, 4.69) is 49.4 Å². The highest BCUT2D eigenvalue weighted by molar-refractivity contribution is 7.99. The van der Waals surface area contributed by atoms with E-state index in [1.54, 1.807) is 30.3 Å². The summed E-state index contributed by atoms with van der Waals surface area (Å²) in [5, 5.41) is 8.52. The summed E-state index contributed by atoms with van der Waals surface area (Å²) < 4.78 is 127. The monoisotopic (exact) mass is 1290 g/mol. The maximum Gasteiger partial charge on any atom is 0.501 e. The molecule has 0 spiro atoms. The van der Waals surface area contributed by atoms with Crippen molar-refractivity contribution >= 4 is 78.2 Å². The summed E-state index contributed by atoms with van der Waals surface area (Å²) in [7, 11) is -11.1. The normalized spacial score (nSPS) is 23.8. The van der Waals surface area contributed by atoms with Crippen molar-refractivity contribution in [3.05, 3.63) is 119 Å². The number of halogens is 5. The van der Waals surface area contributed by atoms with Gasteiger partial charge in [0.2, 0.25) is 18.2 Å². The number of amides is 5. The van der Waals surface area contributed by atoms with Crippen LogP contribution in [0.1, 0.15) is 109 Å². The average Bonchev–Trinajstić information content (AvgIpc) is 1.11. The van der Waals surface area contributed by atoms with E-state index in [0.717, 1.165) is 79.5 Å². The molecular weight excluding hydrogens is 1220 g/mol. The van der Waals surface area contributed by atoms with E-state index >= 15 is 0 Å². The Kier molecular flexibility index (Phi) is 18.2.